The first-order valence-electron chi connectivity index (χ1n) is 5.10. The molecule has 0 amide bonds. The van der Waals surface area contributed by atoms with E-state index in [1.54, 1.807) is 0 Å². The lowest BCUT2D eigenvalue weighted by atomic mass is 9.91. The van der Waals surface area contributed by atoms with Gasteiger partial charge in [0.1, 0.15) is 0 Å². The van der Waals surface area contributed by atoms with E-state index in [0.717, 1.165) is 17.3 Å². The molecule has 2 unspecified atom stereocenters. The monoisotopic (exact) mass is 154 g/mol. The van der Waals surface area contributed by atoms with E-state index in [9.17, 15) is 0 Å². The Kier molecular flexibility index (Phi) is 2.61. The third-order valence-electron chi connectivity index (χ3n) is 3.52. The highest BCUT2D eigenvalue weighted by Crippen LogP contribution is 2.58. The molecular weight excluding hydrogens is 132 g/mol. The maximum Gasteiger partial charge on any atom is -0.0271 e. The molecule has 1 rings (SSSR count). The van der Waals surface area contributed by atoms with Crippen LogP contribution in [0.5, 0.6) is 0 Å². The molecule has 0 aromatic heterocycles. The lowest BCUT2D eigenvalue weighted by Crippen LogP contribution is -2.03. The molecule has 1 fully saturated rings. The molecule has 0 aromatic rings. The van der Waals surface area contributed by atoms with Gasteiger partial charge in [-0.1, -0.05) is 40.5 Å². The van der Waals surface area contributed by atoms with Crippen LogP contribution >= 0.6 is 0 Å². The van der Waals surface area contributed by atoms with Crippen LogP contribution in [0.15, 0.2) is 0 Å². The molecule has 0 spiro atoms. The maximum absolute atomic E-state index is 2.41. The van der Waals surface area contributed by atoms with Crippen LogP contribution in [0, 0.1) is 17.3 Å². The summed E-state index contributed by atoms with van der Waals surface area (Å²) in [6.45, 7) is 9.42. The third kappa shape index (κ3) is 1.98. The fraction of sp³-hybridized carbons (Fsp3) is 1.00. The fourth-order valence-electron chi connectivity index (χ4n) is 2.15. The van der Waals surface area contributed by atoms with E-state index in [4.69, 9.17) is 0 Å². The van der Waals surface area contributed by atoms with Gasteiger partial charge in [-0.15, -0.1) is 0 Å². The largest absolute Gasteiger partial charge is 0.0648 e. The fourth-order valence-corrected chi connectivity index (χ4v) is 2.15. The van der Waals surface area contributed by atoms with Crippen LogP contribution in [-0.2, 0) is 0 Å². The van der Waals surface area contributed by atoms with E-state index >= 15 is 0 Å². The Morgan fingerprint density at radius 2 is 2.00 bits per heavy atom. The molecule has 1 aliphatic carbocycles. The van der Waals surface area contributed by atoms with Gasteiger partial charge in [-0.3, -0.25) is 0 Å². The van der Waals surface area contributed by atoms with Crippen molar-refractivity contribution in [2.75, 3.05) is 0 Å². The molecule has 66 valence electrons. The number of hydrogen-bond acceptors (Lipinski definition) is 0. The Morgan fingerprint density at radius 3 is 2.27 bits per heavy atom. The van der Waals surface area contributed by atoms with Crippen LogP contribution < -0.4 is 0 Å². The van der Waals surface area contributed by atoms with Crippen molar-refractivity contribution in [3.63, 3.8) is 0 Å². The normalized spacial score (nSPS) is 36.3. The zero-order valence-electron chi connectivity index (χ0n) is 8.48. The standard InChI is InChI=1S/C11H22/c1-5-11(8-10(11)4)7-6-9(2)3/h9-10H,5-8H2,1-4H3. The van der Waals surface area contributed by atoms with E-state index in [1.165, 1.54) is 25.7 Å². The predicted octanol–water partition coefficient (Wildman–Crippen LogP) is 3.86. The quantitative estimate of drug-likeness (QED) is 0.577. The molecule has 2 atom stereocenters. The Morgan fingerprint density at radius 1 is 1.45 bits per heavy atom. The van der Waals surface area contributed by atoms with Crippen molar-refractivity contribution in [3.05, 3.63) is 0 Å². The van der Waals surface area contributed by atoms with Crippen LogP contribution in [-0.4, -0.2) is 0 Å². The molecule has 0 nitrogen and oxygen atoms in total. The van der Waals surface area contributed by atoms with Crippen molar-refractivity contribution in [1.82, 2.24) is 0 Å². The molecule has 1 saturated carbocycles. The van der Waals surface area contributed by atoms with Gasteiger partial charge in [-0.2, -0.15) is 0 Å². The molecule has 0 bridgehead atoms. The van der Waals surface area contributed by atoms with Crippen LogP contribution in [0.25, 0.3) is 0 Å². The van der Waals surface area contributed by atoms with Gasteiger partial charge < -0.3 is 0 Å². The van der Waals surface area contributed by atoms with Gasteiger partial charge in [0, 0.05) is 0 Å². The maximum atomic E-state index is 2.41. The number of rotatable bonds is 4. The highest BCUT2D eigenvalue weighted by atomic mass is 14.5. The Balaban J connectivity index is 2.24. The van der Waals surface area contributed by atoms with Gasteiger partial charge >= 0.3 is 0 Å². The molecule has 0 aliphatic heterocycles. The molecule has 0 heterocycles. The minimum absolute atomic E-state index is 0.782. The lowest BCUT2D eigenvalue weighted by molar-refractivity contribution is 0.368. The van der Waals surface area contributed by atoms with Crippen molar-refractivity contribution in [1.29, 1.82) is 0 Å². The van der Waals surface area contributed by atoms with Gasteiger partial charge in [0.25, 0.3) is 0 Å². The molecule has 11 heavy (non-hydrogen) atoms. The molecule has 0 heteroatoms. The van der Waals surface area contributed by atoms with Gasteiger partial charge in [-0.05, 0) is 30.1 Å². The second-order valence-corrected chi connectivity index (χ2v) is 4.75. The molecule has 1 aliphatic rings. The second kappa shape index (κ2) is 3.16. The average molecular weight is 154 g/mol. The van der Waals surface area contributed by atoms with Crippen molar-refractivity contribution in [2.45, 2.75) is 53.4 Å². The first kappa shape index (κ1) is 9.09. The summed E-state index contributed by atoms with van der Waals surface area (Å²) in [5.41, 5.74) is 0.782. The van der Waals surface area contributed by atoms with Gasteiger partial charge in [-0.25, -0.2) is 0 Å². The minimum Gasteiger partial charge on any atom is -0.0648 e. The van der Waals surface area contributed by atoms with E-state index < -0.39 is 0 Å². The predicted molar refractivity (Wildman–Crippen MR) is 50.6 cm³/mol. The lowest BCUT2D eigenvalue weighted by Gasteiger charge is -2.14. The Bertz CT molecular complexity index is 122. The topological polar surface area (TPSA) is 0 Å². The van der Waals surface area contributed by atoms with Crippen molar-refractivity contribution < 1.29 is 0 Å². The smallest absolute Gasteiger partial charge is 0.0271 e. The Hall–Kier alpha value is 0. The third-order valence-corrected chi connectivity index (χ3v) is 3.52. The zero-order valence-corrected chi connectivity index (χ0v) is 8.48. The summed E-state index contributed by atoms with van der Waals surface area (Å²) in [6, 6.07) is 0. The van der Waals surface area contributed by atoms with E-state index in [0.29, 0.717) is 0 Å². The van der Waals surface area contributed by atoms with Crippen LogP contribution in [0.4, 0.5) is 0 Å². The summed E-state index contributed by atoms with van der Waals surface area (Å²) in [5.74, 6) is 1.91. The summed E-state index contributed by atoms with van der Waals surface area (Å²) in [7, 11) is 0. The summed E-state index contributed by atoms with van der Waals surface area (Å²) >= 11 is 0. The minimum atomic E-state index is 0.782. The van der Waals surface area contributed by atoms with Gasteiger partial charge in [0.05, 0.1) is 0 Å². The summed E-state index contributed by atoms with van der Waals surface area (Å²) < 4.78 is 0. The average Bonchev–Trinajstić information content (AvgIpc) is 2.59. The number of hydrogen-bond donors (Lipinski definition) is 0. The molecule has 0 saturated heterocycles. The highest BCUT2D eigenvalue weighted by molar-refractivity contribution is 4.98. The van der Waals surface area contributed by atoms with Crippen LogP contribution in [0.1, 0.15) is 53.4 Å². The summed E-state index contributed by atoms with van der Waals surface area (Å²) in [4.78, 5) is 0. The Labute approximate surface area is 71.4 Å². The molecule has 0 N–H and O–H groups in total. The molecule has 0 aromatic carbocycles. The first-order chi connectivity index (χ1) is 5.10. The van der Waals surface area contributed by atoms with Gasteiger partial charge in [0.2, 0.25) is 0 Å². The zero-order chi connectivity index (χ0) is 8.48. The van der Waals surface area contributed by atoms with E-state index in [1.807, 2.05) is 0 Å². The first-order valence-corrected chi connectivity index (χ1v) is 5.10. The van der Waals surface area contributed by atoms with E-state index in [2.05, 4.69) is 27.7 Å². The van der Waals surface area contributed by atoms with Crippen LogP contribution in [0.2, 0.25) is 0 Å². The van der Waals surface area contributed by atoms with Gasteiger partial charge in [0.15, 0.2) is 0 Å². The van der Waals surface area contributed by atoms with Crippen LogP contribution in [0.3, 0.4) is 0 Å². The molecular formula is C11H22. The molecule has 0 radical (unpaired) electrons. The van der Waals surface area contributed by atoms with E-state index in [-0.39, 0.29) is 0 Å². The summed E-state index contributed by atoms with van der Waals surface area (Å²) in [5, 5.41) is 0. The van der Waals surface area contributed by atoms with Crippen molar-refractivity contribution in [3.8, 4) is 0 Å². The summed E-state index contributed by atoms with van der Waals surface area (Å²) in [6.07, 6.45) is 5.80. The highest BCUT2D eigenvalue weighted by Gasteiger charge is 2.48. The SMILES string of the molecule is CCC1(CCC(C)C)CC1C. The van der Waals surface area contributed by atoms with Crippen molar-refractivity contribution in [2.24, 2.45) is 17.3 Å². The van der Waals surface area contributed by atoms with Crippen molar-refractivity contribution >= 4 is 0 Å². The second-order valence-electron chi connectivity index (χ2n) is 4.75.